The number of fused-ring (bicyclic) bond motifs is 1. The second-order valence-corrected chi connectivity index (χ2v) is 5.19. The van der Waals surface area contributed by atoms with Crippen LogP contribution in [0.15, 0.2) is 39.9 Å². The van der Waals surface area contributed by atoms with Crippen molar-refractivity contribution in [3.05, 3.63) is 36.1 Å². The van der Waals surface area contributed by atoms with Crippen molar-refractivity contribution in [2.75, 3.05) is 19.7 Å². The van der Waals surface area contributed by atoms with Crippen LogP contribution in [0.2, 0.25) is 0 Å². The Hall–Kier alpha value is -2.30. The Morgan fingerprint density at radius 1 is 1.33 bits per heavy atom. The van der Waals surface area contributed by atoms with Crippen molar-refractivity contribution in [2.24, 2.45) is 5.16 Å². The summed E-state index contributed by atoms with van der Waals surface area (Å²) >= 11 is 0. The highest BCUT2D eigenvalue weighted by atomic mass is 16.6. The summed E-state index contributed by atoms with van der Waals surface area (Å²) < 4.78 is 5.68. The normalized spacial score (nSPS) is 15.7. The number of nitrogens with zero attached hydrogens (tertiary/aromatic N) is 2. The van der Waals surface area contributed by atoms with Gasteiger partial charge in [0.05, 0.1) is 0 Å². The minimum Gasteiger partial charge on any atom is -0.455 e. The molecule has 0 N–H and O–H groups in total. The lowest BCUT2D eigenvalue weighted by Crippen LogP contribution is -2.30. The molecule has 0 unspecified atom stereocenters. The Kier molecular flexibility index (Phi) is 3.90. The summed E-state index contributed by atoms with van der Waals surface area (Å²) in [7, 11) is 0. The van der Waals surface area contributed by atoms with E-state index < -0.39 is 0 Å². The molecule has 1 saturated heterocycles. The van der Waals surface area contributed by atoms with Gasteiger partial charge in [0.25, 0.3) is 5.91 Å². The molecule has 1 aromatic carbocycles. The lowest BCUT2D eigenvalue weighted by atomic mass is 10.2. The van der Waals surface area contributed by atoms with Crippen molar-refractivity contribution >= 4 is 22.6 Å². The molecule has 3 rings (SSSR count). The number of carbonyl (C=O) groups is 1. The van der Waals surface area contributed by atoms with Gasteiger partial charge in [0.15, 0.2) is 12.4 Å². The predicted molar refractivity (Wildman–Crippen MR) is 80.2 cm³/mol. The highest BCUT2D eigenvalue weighted by Crippen LogP contribution is 2.19. The molecule has 1 amide bonds. The number of hydrogen-bond acceptors (Lipinski definition) is 4. The molecule has 1 aliphatic rings. The molecule has 0 radical (unpaired) electrons. The summed E-state index contributed by atoms with van der Waals surface area (Å²) in [4.78, 5) is 18.8. The van der Waals surface area contributed by atoms with Crippen LogP contribution < -0.4 is 0 Å². The number of benzene rings is 1. The number of hydrogen-bond donors (Lipinski definition) is 0. The first-order chi connectivity index (χ1) is 10.2. The van der Waals surface area contributed by atoms with Gasteiger partial charge in [-0.3, -0.25) is 4.79 Å². The SMILES string of the molecule is C/C(=N/OCC(=O)N1CCCC1)c1cc2ccccc2o1. The third-order valence-corrected chi connectivity index (χ3v) is 3.63. The lowest BCUT2D eigenvalue weighted by Gasteiger charge is -2.13. The summed E-state index contributed by atoms with van der Waals surface area (Å²) in [5.41, 5.74) is 1.44. The summed E-state index contributed by atoms with van der Waals surface area (Å²) in [5, 5.41) is 5.00. The molecule has 0 bridgehead atoms. The number of likely N-dealkylation sites (tertiary alicyclic amines) is 1. The Balaban J connectivity index is 1.61. The van der Waals surface area contributed by atoms with Crippen LogP contribution in [0, 0.1) is 0 Å². The molecule has 21 heavy (non-hydrogen) atoms. The molecule has 1 fully saturated rings. The molecule has 0 spiro atoms. The number of furan rings is 1. The third-order valence-electron chi connectivity index (χ3n) is 3.63. The van der Waals surface area contributed by atoms with Crippen molar-refractivity contribution in [2.45, 2.75) is 19.8 Å². The summed E-state index contributed by atoms with van der Waals surface area (Å²) in [6, 6.07) is 9.68. The van der Waals surface area contributed by atoms with Crippen LogP contribution in [0.5, 0.6) is 0 Å². The van der Waals surface area contributed by atoms with Gasteiger partial charge in [-0.1, -0.05) is 23.4 Å². The molecule has 1 aromatic heterocycles. The summed E-state index contributed by atoms with van der Waals surface area (Å²) in [5.74, 6) is 0.651. The summed E-state index contributed by atoms with van der Waals surface area (Å²) in [6.07, 6.45) is 2.15. The van der Waals surface area contributed by atoms with Gasteiger partial charge in [-0.05, 0) is 31.9 Å². The van der Waals surface area contributed by atoms with E-state index in [1.807, 2.05) is 35.2 Å². The van der Waals surface area contributed by atoms with Crippen LogP contribution in [-0.4, -0.2) is 36.2 Å². The zero-order chi connectivity index (χ0) is 14.7. The lowest BCUT2D eigenvalue weighted by molar-refractivity contribution is -0.135. The van der Waals surface area contributed by atoms with Gasteiger partial charge in [0, 0.05) is 18.5 Å². The zero-order valence-corrected chi connectivity index (χ0v) is 12.0. The molecule has 2 heterocycles. The van der Waals surface area contributed by atoms with Crippen molar-refractivity contribution in [3.8, 4) is 0 Å². The molecule has 0 atom stereocenters. The number of carbonyl (C=O) groups excluding carboxylic acids is 1. The van der Waals surface area contributed by atoms with Gasteiger partial charge >= 0.3 is 0 Å². The third kappa shape index (κ3) is 3.07. The van der Waals surface area contributed by atoms with E-state index >= 15 is 0 Å². The van der Waals surface area contributed by atoms with E-state index in [1.165, 1.54) is 0 Å². The minimum absolute atomic E-state index is 0.00587. The highest BCUT2D eigenvalue weighted by Gasteiger charge is 2.18. The summed E-state index contributed by atoms with van der Waals surface area (Å²) in [6.45, 7) is 3.44. The van der Waals surface area contributed by atoms with Gasteiger partial charge in [-0.25, -0.2) is 0 Å². The van der Waals surface area contributed by atoms with E-state index in [-0.39, 0.29) is 12.5 Å². The Morgan fingerprint density at radius 2 is 2.10 bits per heavy atom. The smallest absolute Gasteiger partial charge is 0.263 e. The fourth-order valence-electron chi connectivity index (χ4n) is 2.45. The quantitative estimate of drug-likeness (QED) is 0.641. The van der Waals surface area contributed by atoms with Gasteiger partial charge in [-0.2, -0.15) is 0 Å². The molecule has 0 saturated carbocycles. The number of rotatable bonds is 4. The zero-order valence-electron chi connectivity index (χ0n) is 12.0. The minimum atomic E-state index is -0.0163. The fourth-order valence-corrected chi connectivity index (χ4v) is 2.45. The van der Waals surface area contributed by atoms with Crippen LogP contribution in [-0.2, 0) is 9.63 Å². The average molecular weight is 286 g/mol. The molecule has 2 aromatic rings. The maximum atomic E-state index is 11.8. The second kappa shape index (κ2) is 5.99. The van der Waals surface area contributed by atoms with Crippen molar-refractivity contribution < 1.29 is 14.0 Å². The Morgan fingerprint density at radius 3 is 2.86 bits per heavy atom. The Bertz CT molecular complexity index is 636. The molecule has 0 aliphatic carbocycles. The van der Waals surface area contributed by atoms with E-state index in [9.17, 15) is 4.79 Å². The van der Waals surface area contributed by atoms with Crippen molar-refractivity contribution in [1.82, 2.24) is 4.90 Å². The maximum Gasteiger partial charge on any atom is 0.263 e. The van der Waals surface area contributed by atoms with Gasteiger partial charge < -0.3 is 14.2 Å². The molecular formula is C16H18N2O3. The van der Waals surface area contributed by atoms with Crippen LogP contribution in [0.25, 0.3) is 11.0 Å². The first-order valence-corrected chi connectivity index (χ1v) is 7.17. The molecule has 110 valence electrons. The van der Waals surface area contributed by atoms with E-state index in [4.69, 9.17) is 9.25 Å². The van der Waals surface area contributed by atoms with Gasteiger partial charge in [0.2, 0.25) is 0 Å². The van der Waals surface area contributed by atoms with Gasteiger partial charge in [0.1, 0.15) is 11.3 Å². The van der Waals surface area contributed by atoms with E-state index in [2.05, 4.69) is 5.16 Å². The van der Waals surface area contributed by atoms with E-state index in [0.29, 0.717) is 11.5 Å². The number of para-hydroxylation sites is 1. The molecule has 5 nitrogen and oxygen atoms in total. The van der Waals surface area contributed by atoms with Crippen molar-refractivity contribution in [1.29, 1.82) is 0 Å². The predicted octanol–water partition coefficient (Wildman–Crippen LogP) is 2.80. The van der Waals surface area contributed by atoms with Crippen LogP contribution in [0.4, 0.5) is 0 Å². The maximum absolute atomic E-state index is 11.8. The molecule has 1 aliphatic heterocycles. The number of oxime groups is 1. The van der Waals surface area contributed by atoms with Crippen LogP contribution >= 0.6 is 0 Å². The monoisotopic (exact) mass is 286 g/mol. The van der Waals surface area contributed by atoms with Gasteiger partial charge in [-0.15, -0.1) is 0 Å². The second-order valence-electron chi connectivity index (χ2n) is 5.19. The first-order valence-electron chi connectivity index (χ1n) is 7.17. The van der Waals surface area contributed by atoms with E-state index in [1.54, 1.807) is 6.92 Å². The average Bonchev–Trinajstić information content (AvgIpc) is 3.16. The first kappa shape index (κ1) is 13.7. The molecule has 5 heteroatoms. The van der Waals surface area contributed by atoms with Crippen LogP contribution in [0.1, 0.15) is 25.5 Å². The standard InChI is InChI=1S/C16H18N2O3/c1-12(15-10-13-6-2-3-7-14(13)21-15)17-20-11-16(19)18-8-4-5-9-18/h2-3,6-7,10H,4-5,8-9,11H2,1H3/b17-12-. The largest absolute Gasteiger partial charge is 0.455 e. The molecular weight excluding hydrogens is 268 g/mol. The van der Waals surface area contributed by atoms with Crippen LogP contribution in [0.3, 0.4) is 0 Å². The Labute approximate surface area is 123 Å². The fraction of sp³-hybridized carbons (Fsp3) is 0.375. The van der Waals surface area contributed by atoms with Crippen molar-refractivity contribution in [3.63, 3.8) is 0 Å². The highest BCUT2D eigenvalue weighted by molar-refractivity contribution is 5.99. The topological polar surface area (TPSA) is 55.0 Å². The number of amides is 1. The van der Waals surface area contributed by atoms with E-state index in [0.717, 1.165) is 36.9 Å².